The first-order chi connectivity index (χ1) is 22.1. The Morgan fingerprint density at radius 3 is 2.22 bits per heavy atom. The Morgan fingerprint density at radius 2 is 1.54 bits per heavy atom. The summed E-state index contributed by atoms with van der Waals surface area (Å²) < 4.78 is 34.9. The van der Waals surface area contributed by atoms with E-state index in [1.54, 1.807) is 62.6 Å². The minimum absolute atomic E-state index is 0.0275. The lowest BCUT2D eigenvalue weighted by molar-refractivity contribution is -0.140. The molecule has 46 heavy (non-hydrogen) atoms. The number of nitrogens with zero attached hydrogens (tertiary/aromatic N) is 2. The minimum atomic E-state index is -4.22. The van der Waals surface area contributed by atoms with Gasteiger partial charge in [0.15, 0.2) is 0 Å². The molecule has 4 rings (SSSR count). The normalized spacial score (nSPS) is 11.8. The molecule has 0 aromatic heterocycles. The maximum absolute atomic E-state index is 14.6. The summed E-state index contributed by atoms with van der Waals surface area (Å²) in [7, 11) is -2.66. The van der Waals surface area contributed by atoms with Crippen LogP contribution in [0.15, 0.2) is 108 Å². The third-order valence-electron chi connectivity index (χ3n) is 7.71. The standard InChI is InChI=1S/C36H40ClN3O5S/c1-4-5-22-38-36(42)34(24-28-14-8-6-9-15-28)39(25-29-16-12-17-30(23-29)45-3)35(41)26-40(33-21-13-20-32(37)27(33)2)46(43,44)31-18-10-7-11-19-31/h6-21,23,34H,4-5,22,24-26H2,1-3H3,(H,38,42). The van der Waals surface area contributed by atoms with E-state index in [1.807, 2.05) is 49.4 Å². The van der Waals surface area contributed by atoms with Crippen LogP contribution in [0, 0.1) is 6.92 Å². The molecule has 0 radical (unpaired) electrons. The van der Waals surface area contributed by atoms with Gasteiger partial charge >= 0.3 is 0 Å². The number of sulfonamides is 1. The molecule has 0 saturated carbocycles. The zero-order valence-corrected chi connectivity index (χ0v) is 27.9. The molecule has 2 amide bonds. The van der Waals surface area contributed by atoms with Gasteiger partial charge in [-0.25, -0.2) is 8.42 Å². The number of amides is 2. The van der Waals surface area contributed by atoms with Gasteiger partial charge in [-0.2, -0.15) is 0 Å². The van der Waals surface area contributed by atoms with Crippen LogP contribution in [0.2, 0.25) is 5.02 Å². The maximum Gasteiger partial charge on any atom is 0.264 e. The van der Waals surface area contributed by atoms with Gasteiger partial charge in [0.25, 0.3) is 10.0 Å². The highest BCUT2D eigenvalue weighted by Crippen LogP contribution is 2.31. The molecule has 8 nitrogen and oxygen atoms in total. The van der Waals surface area contributed by atoms with Crippen molar-refractivity contribution < 1.29 is 22.7 Å². The van der Waals surface area contributed by atoms with Crippen molar-refractivity contribution in [1.82, 2.24) is 10.2 Å². The first-order valence-corrected chi connectivity index (χ1v) is 17.0. The number of hydrogen-bond acceptors (Lipinski definition) is 5. The van der Waals surface area contributed by atoms with E-state index in [0.717, 1.165) is 28.3 Å². The summed E-state index contributed by atoms with van der Waals surface area (Å²) in [4.78, 5) is 30.0. The number of carbonyl (C=O) groups excluding carboxylic acids is 2. The molecular formula is C36H40ClN3O5S. The number of hydrogen-bond donors (Lipinski definition) is 1. The molecule has 0 bridgehead atoms. The number of benzene rings is 4. The van der Waals surface area contributed by atoms with Crippen LogP contribution >= 0.6 is 11.6 Å². The SMILES string of the molecule is CCCCNC(=O)C(Cc1ccccc1)N(Cc1cccc(OC)c1)C(=O)CN(c1cccc(Cl)c1C)S(=O)(=O)c1ccccc1. The zero-order chi connectivity index (χ0) is 33.1. The first kappa shape index (κ1) is 34.5. The summed E-state index contributed by atoms with van der Waals surface area (Å²) in [5, 5.41) is 3.36. The number of nitrogens with one attached hydrogen (secondary N) is 1. The molecule has 0 aliphatic carbocycles. The van der Waals surface area contributed by atoms with Crippen molar-refractivity contribution in [2.75, 3.05) is 24.5 Å². The van der Waals surface area contributed by atoms with E-state index >= 15 is 0 Å². The average molecular weight is 662 g/mol. The average Bonchev–Trinajstić information content (AvgIpc) is 3.07. The van der Waals surface area contributed by atoms with Crippen LogP contribution in [0.1, 0.15) is 36.5 Å². The Bertz CT molecular complexity index is 1720. The van der Waals surface area contributed by atoms with Crippen molar-refractivity contribution in [3.05, 3.63) is 125 Å². The fraction of sp³-hybridized carbons (Fsp3) is 0.278. The number of rotatable bonds is 15. The van der Waals surface area contributed by atoms with Crippen molar-refractivity contribution in [3.8, 4) is 5.75 Å². The molecule has 4 aromatic carbocycles. The van der Waals surface area contributed by atoms with E-state index in [-0.39, 0.29) is 29.5 Å². The quantitative estimate of drug-likeness (QED) is 0.149. The zero-order valence-electron chi connectivity index (χ0n) is 26.4. The summed E-state index contributed by atoms with van der Waals surface area (Å²) in [6.07, 6.45) is 1.91. The van der Waals surface area contributed by atoms with Crippen LogP contribution in [-0.4, -0.2) is 51.4 Å². The Kier molecular flexibility index (Phi) is 12.2. The van der Waals surface area contributed by atoms with Gasteiger partial charge in [-0.3, -0.25) is 13.9 Å². The summed E-state index contributed by atoms with van der Waals surface area (Å²) in [6, 6.07) is 28.7. The van der Waals surface area contributed by atoms with Gasteiger partial charge in [0.05, 0.1) is 17.7 Å². The van der Waals surface area contributed by atoms with E-state index in [4.69, 9.17) is 16.3 Å². The van der Waals surface area contributed by atoms with E-state index in [2.05, 4.69) is 5.32 Å². The minimum Gasteiger partial charge on any atom is -0.497 e. The Balaban J connectivity index is 1.82. The molecule has 0 aliphatic rings. The summed E-state index contributed by atoms with van der Waals surface area (Å²) in [6.45, 7) is 3.69. The number of halogens is 1. The van der Waals surface area contributed by atoms with Crippen molar-refractivity contribution >= 4 is 39.1 Å². The lowest BCUT2D eigenvalue weighted by Gasteiger charge is -2.34. The van der Waals surface area contributed by atoms with Crippen LogP contribution < -0.4 is 14.4 Å². The van der Waals surface area contributed by atoms with E-state index in [0.29, 0.717) is 22.9 Å². The molecule has 1 atom stereocenters. The van der Waals surface area contributed by atoms with E-state index < -0.39 is 28.5 Å². The Labute approximate surface area is 277 Å². The second kappa shape index (κ2) is 16.3. The molecule has 1 N–H and O–H groups in total. The highest BCUT2D eigenvalue weighted by molar-refractivity contribution is 7.92. The van der Waals surface area contributed by atoms with Gasteiger partial charge in [0, 0.05) is 24.5 Å². The fourth-order valence-corrected chi connectivity index (χ4v) is 6.79. The molecule has 0 heterocycles. The number of ether oxygens (including phenoxy) is 1. The summed E-state index contributed by atoms with van der Waals surface area (Å²) in [5.74, 6) is -0.266. The largest absolute Gasteiger partial charge is 0.497 e. The van der Waals surface area contributed by atoms with Crippen molar-refractivity contribution in [2.24, 2.45) is 0 Å². The molecule has 10 heteroatoms. The molecule has 0 saturated heterocycles. The molecule has 4 aromatic rings. The van der Waals surface area contributed by atoms with Crippen LogP contribution in [0.5, 0.6) is 5.75 Å². The maximum atomic E-state index is 14.6. The third kappa shape index (κ3) is 8.68. The van der Waals surface area contributed by atoms with E-state index in [1.165, 1.54) is 17.0 Å². The summed E-state index contributed by atoms with van der Waals surface area (Å²) >= 11 is 6.45. The van der Waals surface area contributed by atoms with Gasteiger partial charge < -0.3 is 15.0 Å². The van der Waals surface area contributed by atoms with Crippen molar-refractivity contribution in [3.63, 3.8) is 0 Å². The first-order valence-electron chi connectivity index (χ1n) is 15.2. The lowest BCUT2D eigenvalue weighted by Crippen LogP contribution is -2.53. The molecular weight excluding hydrogens is 622 g/mol. The van der Waals surface area contributed by atoms with Gasteiger partial charge in [0.1, 0.15) is 18.3 Å². The van der Waals surface area contributed by atoms with Gasteiger partial charge in [0.2, 0.25) is 11.8 Å². The highest BCUT2D eigenvalue weighted by atomic mass is 35.5. The molecule has 242 valence electrons. The number of unbranched alkanes of at least 4 members (excludes halogenated alkanes) is 1. The van der Waals surface area contributed by atoms with Crippen molar-refractivity contribution in [2.45, 2.75) is 50.6 Å². The number of methoxy groups -OCH3 is 1. The Morgan fingerprint density at radius 1 is 0.891 bits per heavy atom. The molecule has 1 unspecified atom stereocenters. The summed E-state index contributed by atoms with van der Waals surface area (Å²) in [5.41, 5.74) is 2.37. The van der Waals surface area contributed by atoms with Crippen LogP contribution in [-0.2, 0) is 32.6 Å². The third-order valence-corrected chi connectivity index (χ3v) is 9.89. The number of anilines is 1. The highest BCUT2D eigenvalue weighted by Gasteiger charge is 2.35. The smallest absolute Gasteiger partial charge is 0.264 e. The fourth-order valence-electron chi connectivity index (χ4n) is 5.13. The predicted molar refractivity (Wildman–Crippen MR) is 183 cm³/mol. The monoisotopic (exact) mass is 661 g/mol. The number of carbonyl (C=O) groups is 2. The molecule has 0 fully saturated rings. The van der Waals surface area contributed by atoms with Gasteiger partial charge in [-0.15, -0.1) is 0 Å². The second-order valence-electron chi connectivity index (χ2n) is 10.9. The Hall–Kier alpha value is -4.34. The topological polar surface area (TPSA) is 96.0 Å². The second-order valence-corrected chi connectivity index (χ2v) is 13.2. The van der Waals surface area contributed by atoms with Crippen molar-refractivity contribution in [1.29, 1.82) is 0 Å². The van der Waals surface area contributed by atoms with Gasteiger partial charge in [-0.05, 0) is 66.4 Å². The van der Waals surface area contributed by atoms with Crippen LogP contribution in [0.25, 0.3) is 0 Å². The lowest BCUT2D eigenvalue weighted by atomic mass is 10.0. The predicted octanol–water partition coefficient (Wildman–Crippen LogP) is 6.41. The van der Waals surface area contributed by atoms with Gasteiger partial charge in [-0.1, -0.05) is 91.7 Å². The van der Waals surface area contributed by atoms with E-state index in [9.17, 15) is 18.0 Å². The van der Waals surface area contributed by atoms with Crippen LogP contribution in [0.3, 0.4) is 0 Å². The molecule has 0 spiro atoms. The molecule has 0 aliphatic heterocycles. The van der Waals surface area contributed by atoms with Crippen LogP contribution in [0.4, 0.5) is 5.69 Å².